The first-order chi connectivity index (χ1) is 12.1. The van der Waals surface area contributed by atoms with Crippen LogP contribution in [0.3, 0.4) is 0 Å². The predicted molar refractivity (Wildman–Crippen MR) is 91.4 cm³/mol. The molecular formula is C16H18N8O. The lowest BCUT2D eigenvalue weighted by Crippen LogP contribution is -2.26. The van der Waals surface area contributed by atoms with Gasteiger partial charge in [0.05, 0.1) is 11.9 Å². The molecule has 0 radical (unpaired) electrons. The molecule has 1 fully saturated rings. The molecule has 0 bridgehead atoms. The van der Waals surface area contributed by atoms with E-state index < -0.39 is 0 Å². The standard InChI is InChI=1S/C16H18N8O/c1-3-14(25)23-7-4-11(8-23)12-9-24-16(17-10-18-24)15(19-12)20-13-5-6-22(2)21-13/h3,5-6,9-11H,1,4,7-8H2,2H3,(H,19,20,21). The lowest BCUT2D eigenvalue weighted by molar-refractivity contribution is -0.125. The molecular weight excluding hydrogens is 320 g/mol. The number of amides is 1. The minimum Gasteiger partial charge on any atom is -0.338 e. The van der Waals surface area contributed by atoms with Gasteiger partial charge in [-0.15, -0.1) is 0 Å². The molecule has 1 saturated heterocycles. The van der Waals surface area contributed by atoms with Crippen LogP contribution in [0.2, 0.25) is 0 Å². The van der Waals surface area contributed by atoms with Crippen molar-refractivity contribution in [2.75, 3.05) is 18.4 Å². The van der Waals surface area contributed by atoms with Gasteiger partial charge in [-0.2, -0.15) is 10.2 Å². The van der Waals surface area contributed by atoms with E-state index in [1.54, 1.807) is 14.1 Å². The van der Waals surface area contributed by atoms with Crippen molar-refractivity contribution < 1.29 is 4.79 Å². The SMILES string of the molecule is C=CC(=O)N1CCC(c2cn3ncnc3c(Nc3ccn(C)n3)n2)C1. The number of anilines is 2. The fraction of sp³-hybridized carbons (Fsp3) is 0.312. The van der Waals surface area contributed by atoms with Crippen molar-refractivity contribution in [2.24, 2.45) is 7.05 Å². The first-order valence-corrected chi connectivity index (χ1v) is 8.02. The molecule has 1 unspecified atom stereocenters. The Bertz CT molecular complexity index is 943. The highest BCUT2D eigenvalue weighted by Gasteiger charge is 2.28. The lowest BCUT2D eigenvalue weighted by Gasteiger charge is -2.15. The van der Waals surface area contributed by atoms with E-state index in [2.05, 4.69) is 27.1 Å². The second-order valence-electron chi connectivity index (χ2n) is 6.02. The molecule has 0 aromatic carbocycles. The van der Waals surface area contributed by atoms with Crippen LogP contribution in [-0.2, 0) is 11.8 Å². The van der Waals surface area contributed by atoms with Crippen LogP contribution in [0.25, 0.3) is 5.65 Å². The van der Waals surface area contributed by atoms with E-state index in [-0.39, 0.29) is 11.8 Å². The smallest absolute Gasteiger partial charge is 0.245 e. The second-order valence-corrected chi connectivity index (χ2v) is 6.02. The Labute approximate surface area is 144 Å². The molecule has 1 atom stereocenters. The number of rotatable bonds is 4. The van der Waals surface area contributed by atoms with Crippen molar-refractivity contribution in [3.8, 4) is 0 Å². The minimum atomic E-state index is -0.0452. The Balaban J connectivity index is 1.66. The summed E-state index contributed by atoms with van der Waals surface area (Å²) in [7, 11) is 1.85. The third kappa shape index (κ3) is 2.84. The largest absolute Gasteiger partial charge is 0.338 e. The fourth-order valence-electron chi connectivity index (χ4n) is 3.06. The topological polar surface area (TPSA) is 93.2 Å². The molecule has 1 aliphatic rings. The Hall–Kier alpha value is -3.23. The van der Waals surface area contributed by atoms with Gasteiger partial charge in [-0.25, -0.2) is 14.5 Å². The third-order valence-corrected chi connectivity index (χ3v) is 4.33. The van der Waals surface area contributed by atoms with Gasteiger partial charge in [0.15, 0.2) is 17.3 Å². The highest BCUT2D eigenvalue weighted by molar-refractivity contribution is 5.87. The van der Waals surface area contributed by atoms with E-state index in [4.69, 9.17) is 4.98 Å². The molecule has 0 saturated carbocycles. The van der Waals surface area contributed by atoms with Gasteiger partial charge in [0.2, 0.25) is 5.91 Å². The van der Waals surface area contributed by atoms with E-state index in [9.17, 15) is 4.79 Å². The normalized spacial score (nSPS) is 17.2. The quantitative estimate of drug-likeness (QED) is 0.716. The Morgan fingerprint density at radius 3 is 3.12 bits per heavy atom. The Morgan fingerprint density at radius 1 is 1.48 bits per heavy atom. The first-order valence-electron chi connectivity index (χ1n) is 8.02. The maximum atomic E-state index is 11.8. The number of fused-ring (bicyclic) bond motifs is 1. The number of carbonyl (C=O) groups is 1. The summed E-state index contributed by atoms with van der Waals surface area (Å²) in [5, 5.41) is 11.7. The van der Waals surface area contributed by atoms with Crippen LogP contribution >= 0.6 is 0 Å². The summed E-state index contributed by atoms with van der Waals surface area (Å²) in [5.41, 5.74) is 1.50. The minimum absolute atomic E-state index is 0.0452. The number of hydrogen-bond donors (Lipinski definition) is 1. The van der Waals surface area contributed by atoms with Crippen molar-refractivity contribution in [1.82, 2.24) is 34.3 Å². The number of likely N-dealkylation sites (tertiary alicyclic amines) is 1. The molecule has 4 heterocycles. The summed E-state index contributed by atoms with van der Waals surface area (Å²) in [6.45, 7) is 4.88. The molecule has 3 aromatic heterocycles. The van der Waals surface area contributed by atoms with E-state index in [1.807, 2.05) is 25.5 Å². The molecule has 128 valence electrons. The Morgan fingerprint density at radius 2 is 2.36 bits per heavy atom. The van der Waals surface area contributed by atoms with Crippen molar-refractivity contribution in [1.29, 1.82) is 0 Å². The average Bonchev–Trinajstić information content (AvgIpc) is 3.34. The van der Waals surface area contributed by atoms with Crippen molar-refractivity contribution in [2.45, 2.75) is 12.3 Å². The highest BCUT2D eigenvalue weighted by Crippen LogP contribution is 2.28. The molecule has 0 aliphatic carbocycles. The maximum absolute atomic E-state index is 11.8. The lowest BCUT2D eigenvalue weighted by atomic mass is 10.1. The van der Waals surface area contributed by atoms with Crippen LogP contribution in [0, 0.1) is 0 Å². The number of hydrogen-bond acceptors (Lipinski definition) is 6. The summed E-state index contributed by atoms with van der Waals surface area (Å²) in [5.74, 6) is 1.40. The number of nitrogens with zero attached hydrogens (tertiary/aromatic N) is 7. The van der Waals surface area contributed by atoms with E-state index in [0.29, 0.717) is 30.4 Å². The summed E-state index contributed by atoms with van der Waals surface area (Å²) in [6, 6.07) is 1.86. The number of aryl methyl sites for hydroxylation is 1. The molecule has 4 rings (SSSR count). The van der Waals surface area contributed by atoms with Gasteiger partial charge in [0.25, 0.3) is 0 Å². The average molecular weight is 338 g/mol. The van der Waals surface area contributed by atoms with Gasteiger partial charge in [-0.05, 0) is 12.5 Å². The van der Waals surface area contributed by atoms with Gasteiger partial charge < -0.3 is 10.2 Å². The maximum Gasteiger partial charge on any atom is 0.245 e. The third-order valence-electron chi connectivity index (χ3n) is 4.33. The van der Waals surface area contributed by atoms with Crippen molar-refractivity contribution in [3.63, 3.8) is 0 Å². The van der Waals surface area contributed by atoms with Gasteiger partial charge in [0.1, 0.15) is 6.33 Å². The number of aromatic nitrogens is 6. The van der Waals surface area contributed by atoms with Gasteiger partial charge >= 0.3 is 0 Å². The molecule has 0 spiro atoms. The number of carbonyl (C=O) groups excluding carboxylic acids is 1. The van der Waals surface area contributed by atoms with Crippen LogP contribution in [0.1, 0.15) is 18.0 Å². The van der Waals surface area contributed by atoms with Crippen LogP contribution in [-0.4, -0.2) is 53.3 Å². The van der Waals surface area contributed by atoms with E-state index in [1.165, 1.54) is 12.4 Å². The fourth-order valence-corrected chi connectivity index (χ4v) is 3.06. The van der Waals surface area contributed by atoms with Crippen molar-refractivity contribution >= 4 is 23.2 Å². The van der Waals surface area contributed by atoms with Crippen LogP contribution in [0.15, 0.2) is 37.4 Å². The summed E-state index contributed by atoms with van der Waals surface area (Å²) in [6.07, 6.45) is 7.42. The van der Waals surface area contributed by atoms with Crippen LogP contribution in [0.4, 0.5) is 11.6 Å². The van der Waals surface area contributed by atoms with Gasteiger partial charge in [-0.1, -0.05) is 6.58 Å². The van der Waals surface area contributed by atoms with Crippen molar-refractivity contribution in [3.05, 3.63) is 43.1 Å². The molecule has 3 aromatic rings. The second kappa shape index (κ2) is 6.00. The molecule has 1 amide bonds. The molecule has 25 heavy (non-hydrogen) atoms. The highest BCUT2D eigenvalue weighted by atomic mass is 16.2. The molecule has 1 aliphatic heterocycles. The van der Waals surface area contributed by atoms with E-state index in [0.717, 1.165) is 12.1 Å². The first kappa shape index (κ1) is 15.3. The zero-order valence-corrected chi connectivity index (χ0v) is 13.8. The summed E-state index contributed by atoms with van der Waals surface area (Å²) < 4.78 is 3.41. The Kier molecular flexibility index (Phi) is 3.68. The van der Waals surface area contributed by atoms with Crippen LogP contribution < -0.4 is 5.32 Å². The van der Waals surface area contributed by atoms with Gasteiger partial charge in [0, 0.05) is 38.3 Å². The number of nitrogens with one attached hydrogen (secondary N) is 1. The molecule has 1 N–H and O–H groups in total. The molecule has 9 heteroatoms. The van der Waals surface area contributed by atoms with E-state index >= 15 is 0 Å². The summed E-state index contributed by atoms with van der Waals surface area (Å²) in [4.78, 5) is 22.6. The molecule has 9 nitrogen and oxygen atoms in total. The van der Waals surface area contributed by atoms with Gasteiger partial charge in [-0.3, -0.25) is 9.48 Å². The zero-order valence-electron chi connectivity index (χ0n) is 13.8. The summed E-state index contributed by atoms with van der Waals surface area (Å²) >= 11 is 0. The predicted octanol–water partition coefficient (Wildman–Crippen LogP) is 1.10. The zero-order chi connectivity index (χ0) is 17.4. The van der Waals surface area contributed by atoms with Crippen LogP contribution in [0.5, 0.6) is 0 Å². The monoisotopic (exact) mass is 338 g/mol.